The van der Waals surface area contributed by atoms with Crippen molar-refractivity contribution in [2.45, 2.75) is 0 Å². The molecular formula is C14H12ClN3. The molecular weight excluding hydrogens is 246 g/mol. The van der Waals surface area contributed by atoms with Gasteiger partial charge >= 0.3 is 0 Å². The quantitative estimate of drug-likeness (QED) is 0.730. The van der Waals surface area contributed by atoms with Gasteiger partial charge in [0.15, 0.2) is 0 Å². The highest BCUT2D eigenvalue weighted by Crippen LogP contribution is 2.24. The van der Waals surface area contributed by atoms with Gasteiger partial charge in [-0.05, 0) is 30.3 Å². The minimum Gasteiger partial charge on any atom is -0.388 e. The molecule has 3 nitrogen and oxygen atoms in total. The Bertz CT molecular complexity index is 703. The predicted octanol–water partition coefficient (Wildman–Crippen LogP) is 3.93. The Labute approximate surface area is 110 Å². The largest absolute Gasteiger partial charge is 0.388 e. The fraction of sp³-hybridized carbons (Fsp3) is 0.0714. The predicted molar refractivity (Wildman–Crippen MR) is 76.1 cm³/mol. The highest BCUT2D eigenvalue weighted by molar-refractivity contribution is 6.30. The zero-order valence-electron chi connectivity index (χ0n) is 9.87. The van der Waals surface area contributed by atoms with Gasteiger partial charge in [0.25, 0.3) is 0 Å². The molecule has 0 aliphatic rings. The summed E-state index contributed by atoms with van der Waals surface area (Å²) in [6.45, 7) is 0. The van der Waals surface area contributed by atoms with Gasteiger partial charge < -0.3 is 10.3 Å². The van der Waals surface area contributed by atoms with Crippen molar-refractivity contribution in [3.05, 3.63) is 47.5 Å². The number of hydrogen-bond acceptors (Lipinski definition) is 2. The van der Waals surface area contributed by atoms with Crippen LogP contribution >= 0.6 is 11.6 Å². The van der Waals surface area contributed by atoms with E-state index in [-0.39, 0.29) is 0 Å². The SMILES string of the molecule is CNc1ccc2nc(-c3cccc(Cl)c3)[nH]c2c1. The standard InChI is InChI=1S/C14H12ClN3/c1-16-11-5-6-12-13(8-11)18-14(17-12)9-3-2-4-10(15)7-9/h2-8,16H,1H3,(H,17,18). The highest BCUT2D eigenvalue weighted by Gasteiger charge is 2.05. The molecule has 0 fully saturated rings. The van der Waals surface area contributed by atoms with Crippen molar-refractivity contribution in [2.75, 3.05) is 12.4 Å². The van der Waals surface area contributed by atoms with E-state index in [4.69, 9.17) is 11.6 Å². The Morgan fingerprint density at radius 3 is 2.83 bits per heavy atom. The molecule has 0 saturated carbocycles. The first kappa shape index (κ1) is 11.1. The van der Waals surface area contributed by atoms with Crippen molar-refractivity contribution in [1.82, 2.24) is 9.97 Å². The van der Waals surface area contributed by atoms with Crippen LogP contribution in [0.2, 0.25) is 5.02 Å². The maximum absolute atomic E-state index is 5.99. The van der Waals surface area contributed by atoms with Gasteiger partial charge in [-0.3, -0.25) is 0 Å². The monoisotopic (exact) mass is 257 g/mol. The number of benzene rings is 2. The van der Waals surface area contributed by atoms with Crippen molar-refractivity contribution in [1.29, 1.82) is 0 Å². The molecule has 0 amide bonds. The third-order valence-electron chi connectivity index (χ3n) is 2.87. The molecule has 0 aliphatic carbocycles. The van der Waals surface area contributed by atoms with Crippen LogP contribution in [-0.4, -0.2) is 17.0 Å². The van der Waals surface area contributed by atoms with E-state index in [9.17, 15) is 0 Å². The lowest BCUT2D eigenvalue weighted by Gasteiger charge is -1.97. The second-order valence-electron chi connectivity index (χ2n) is 4.08. The number of halogens is 1. The number of fused-ring (bicyclic) bond motifs is 1. The van der Waals surface area contributed by atoms with E-state index in [1.165, 1.54) is 0 Å². The number of aromatic amines is 1. The van der Waals surface area contributed by atoms with Crippen molar-refractivity contribution in [3.63, 3.8) is 0 Å². The zero-order valence-corrected chi connectivity index (χ0v) is 10.6. The van der Waals surface area contributed by atoms with Gasteiger partial charge in [0.1, 0.15) is 5.82 Å². The van der Waals surface area contributed by atoms with Crippen LogP contribution in [-0.2, 0) is 0 Å². The molecule has 0 unspecified atom stereocenters. The first-order valence-corrected chi connectivity index (χ1v) is 6.07. The summed E-state index contributed by atoms with van der Waals surface area (Å²) in [5.74, 6) is 0.834. The average molecular weight is 258 g/mol. The molecule has 0 aliphatic heterocycles. The number of anilines is 1. The molecule has 0 radical (unpaired) electrons. The summed E-state index contributed by atoms with van der Waals surface area (Å²) in [6.07, 6.45) is 0. The van der Waals surface area contributed by atoms with Gasteiger partial charge in [-0.25, -0.2) is 4.98 Å². The second kappa shape index (κ2) is 4.35. The Kier molecular flexibility index (Phi) is 2.68. The molecule has 4 heteroatoms. The van der Waals surface area contributed by atoms with Crippen molar-refractivity contribution < 1.29 is 0 Å². The van der Waals surface area contributed by atoms with Crippen molar-refractivity contribution in [2.24, 2.45) is 0 Å². The summed E-state index contributed by atoms with van der Waals surface area (Å²) in [7, 11) is 1.90. The van der Waals surface area contributed by atoms with Crippen LogP contribution in [0.15, 0.2) is 42.5 Å². The summed E-state index contributed by atoms with van der Waals surface area (Å²) in [6, 6.07) is 13.7. The first-order valence-electron chi connectivity index (χ1n) is 5.70. The maximum Gasteiger partial charge on any atom is 0.138 e. The number of imidazole rings is 1. The molecule has 18 heavy (non-hydrogen) atoms. The third kappa shape index (κ3) is 1.93. The van der Waals surface area contributed by atoms with Crippen LogP contribution < -0.4 is 5.32 Å². The Hall–Kier alpha value is -2.00. The summed E-state index contributed by atoms with van der Waals surface area (Å²) < 4.78 is 0. The minimum atomic E-state index is 0.712. The topological polar surface area (TPSA) is 40.7 Å². The molecule has 2 N–H and O–H groups in total. The molecule has 90 valence electrons. The van der Waals surface area contributed by atoms with Crippen molar-refractivity contribution in [3.8, 4) is 11.4 Å². The van der Waals surface area contributed by atoms with Gasteiger partial charge in [0.2, 0.25) is 0 Å². The smallest absolute Gasteiger partial charge is 0.138 e. The summed E-state index contributed by atoms with van der Waals surface area (Å²) in [5.41, 5.74) is 4.01. The van der Waals surface area contributed by atoms with Crippen LogP contribution in [0.3, 0.4) is 0 Å². The molecule has 0 atom stereocenters. The van der Waals surface area contributed by atoms with Crippen LogP contribution in [0.25, 0.3) is 22.4 Å². The van der Waals surface area contributed by atoms with Gasteiger partial charge in [-0.2, -0.15) is 0 Å². The molecule has 3 rings (SSSR count). The fourth-order valence-electron chi connectivity index (χ4n) is 1.94. The Balaban J connectivity index is 2.13. The summed E-state index contributed by atoms with van der Waals surface area (Å²) >= 11 is 5.99. The molecule has 1 heterocycles. The molecule has 1 aromatic heterocycles. The van der Waals surface area contributed by atoms with Crippen LogP contribution in [0.5, 0.6) is 0 Å². The Morgan fingerprint density at radius 1 is 1.17 bits per heavy atom. The fourth-order valence-corrected chi connectivity index (χ4v) is 2.13. The zero-order chi connectivity index (χ0) is 12.5. The first-order chi connectivity index (χ1) is 8.76. The number of hydrogen-bond donors (Lipinski definition) is 2. The lowest BCUT2D eigenvalue weighted by Crippen LogP contribution is -1.86. The van der Waals surface area contributed by atoms with E-state index >= 15 is 0 Å². The van der Waals surface area contributed by atoms with E-state index in [1.807, 2.05) is 49.5 Å². The number of nitrogens with one attached hydrogen (secondary N) is 2. The minimum absolute atomic E-state index is 0.712. The molecule has 2 aromatic carbocycles. The third-order valence-corrected chi connectivity index (χ3v) is 3.10. The van der Waals surface area contributed by atoms with E-state index in [0.29, 0.717) is 5.02 Å². The van der Waals surface area contributed by atoms with Gasteiger partial charge in [-0.15, -0.1) is 0 Å². The van der Waals surface area contributed by atoms with Gasteiger partial charge in [-0.1, -0.05) is 23.7 Å². The normalized spacial score (nSPS) is 10.8. The van der Waals surface area contributed by atoms with Crippen LogP contribution in [0.1, 0.15) is 0 Å². The van der Waals surface area contributed by atoms with Gasteiger partial charge in [0.05, 0.1) is 11.0 Å². The maximum atomic E-state index is 5.99. The summed E-state index contributed by atoms with van der Waals surface area (Å²) in [5, 5.41) is 3.82. The van der Waals surface area contributed by atoms with Crippen molar-refractivity contribution >= 4 is 28.3 Å². The van der Waals surface area contributed by atoms with E-state index in [2.05, 4.69) is 15.3 Å². The van der Waals surface area contributed by atoms with E-state index in [1.54, 1.807) is 0 Å². The summed E-state index contributed by atoms with van der Waals surface area (Å²) in [4.78, 5) is 7.86. The lowest BCUT2D eigenvalue weighted by molar-refractivity contribution is 1.34. The molecule has 0 saturated heterocycles. The average Bonchev–Trinajstić information content (AvgIpc) is 2.81. The van der Waals surface area contributed by atoms with Gasteiger partial charge in [0, 0.05) is 23.3 Å². The van der Waals surface area contributed by atoms with Crippen LogP contribution in [0.4, 0.5) is 5.69 Å². The number of H-pyrrole nitrogens is 1. The number of aromatic nitrogens is 2. The highest BCUT2D eigenvalue weighted by atomic mass is 35.5. The second-order valence-corrected chi connectivity index (χ2v) is 4.51. The number of nitrogens with zero attached hydrogens (tertiary/aromatic N) is 1. The molecule has 3 aromatic rings. The van der Waals surface area contributed by atoms with Crippen LogP contribution in [0, 0.1) is 0 Å². The molecule has 0 spiro atoms. The van der Waals surface area contributed by atoms with E-state index in [0.717, 1.165) is 28.1 Å². The Morgan fingerprint density at radius 2 is 2.06 bits per heavy atom. The molecule has 0 bridgehead atoms. The lowest BCUT2D eigenvalue weighted by atomic mass is 10.2. The number of rotatable bonds is 2. The van der Waals surface area contributed by atoms with E-state index < -0.39 is 0 Å².